The van der Waals surface area contributed by atoms with Gasteiger partial charge < -0.3 is 15.2 Å². The van der Waals surface area contributed by atoms with E-state index in [9.17, 15) is 0 Å². The molecule has 0 aliphatic carbocycles. The Morgan fingerprint density at radius 2 is 2.25 bits per heavy atom. The van der Waals surface area contributed by atoms with Crippen molar-refractivity contribution in [3.8, 4) is 5.88 Å². The van der Waals surface area contributed by atoms with Crippen LogP contribution in [-0.4, -0.2) is 30.1 Å². The highest BCUT2D eigenvalue weighted by Crippen LogP contribution is 2.12. The molecule has 0 unspecified atom stereocenters. The van der Waals surface area contributed by atoms with Crippen LogP contribution in [-0.2, 0) is 4.74 Å². The lowest BCUT2D eigenvalue weighted by atomic mass is 10.2. The number of hydrogen-bond acceptors (Lipinski definition) is 4. The number of ether oxygens (including phenoxy) is 2. The van der Waals surface area contributed by atoms with Crippen LogP contribution in [0.25, 0.3) is 0 Å². The number of hydrogen-bond donors (Lipinski definition) is 2. The molecule has 0 bridgehead atoms. The van der Waals surface area contributed by atoms with Gasteiger partial charge in [0.15, 0.2) is 0 Å². The molecule has 3 N–H and O–H groups in total. The summed E-state index contributed by atoms with van der Waals surface area (Å²) in [4.78, 5) is 4.02. The lowest BCUT2D eigenvalue weighted by molar-refractivity contribution is 0.0542. The summed E-state index contributed by atoms with van der Waals surface area (Å²) in [6, 6.07) is 3.42. The van der Waals surface area contributed by atoms with Crippen molar-refractivity contribution >= 4 is 5.84 Å². The molecule has 88 valence electrons. The van der Waals surface area contributed by atoms with E-state index in [1.807, 2.05) is 13.8 Å². The molecule has 0 atom stereocenters. The fourth-order valence-corrected chi connectivity index (χ4v) is 1.13. The van der Waals surface area contributed by atoms with Gasteiger partial charge in [-0.3, -0.25) is 5.41 Å². The van der Waals surface area contributed by atoms with E-state index in [0.29, 0.717) is 24.7 Å². The van der Waals surface area contributed by atoms with E-state index >= 15 is 0 Å². The first-order valence-corrected chi connectivity index (χ1v) is 5.15. The maximum Gasteiger partial charge on any atom is 0.224 e. The molecule has 1 heterocycles. The summed E-state index contributed by atoms with van der Waals surface area (Å²) in [5, 5.41) is 7.35. The van der Waals surface area contributed by atoms with Gasteiger partial charge in [0.1, 0.15) is 12.4 Å². The maximum absolute atomic E-state index is 7.35. The fourth-order valence-electron chi connectivity index (χ4n) is 1.13. The normalized spacial score (nSPS) is 10.4. The molecular weight excluding hydrogens is 206 g/mol. The Labute approximate surface area is 95.1 Å². The monoisotopic (exact) mass is 223 g/mol. The van der Waals surface area contributed by atoms with Crippen molar-refractivity contribution in [3.05, 3.63) is 23.9 Å². The lowest BCUT2D eigenvalue weighted by Gasteiger charge is -2.10. The summed E-state index contributed by atoms with van der Waals surface area (Å²) in [5.74, 6) is 0.329. The van der Waals surface area contributed by atoms with Gasteiger partial charge in [0.05, 0.1) is 18.3 Å². The molecule has 1 aromatic heterocycles. The van der Waals surface area contributed by atoms with Crippen LogP contribution in [0.15, 0.2) is 18.3 Å². The second-order valence-electron chi connectivity index (χ2n) is 3.54. The number of aromatic nitrogens is 1. The van der Waals surface area contributed by atoms with E-state index in [-0.39, 0.29) is 11.9 Å². The topological polar surface area (TPSA) is 81.2 Å². The molecule has 0 aliphatic heterocycles. The van der Waals surface area contributed by atoms with Crippen molar-refractivity contribution in [1.82, 2.24) is 4.98 Å². The van der Waals surface area contributed by atoms with Gasteiger partial charge in [-0.1, -0.05) is 0 Å². The predicted molar refractivity (Wildman–Crippen MR) is 61.8 cm³/mol. The minimum atomic E-state index is -0.0483. The number of nitrogen functional groups attached to an aromatic ring is 1. The van der Waals surface area contributed by atoms with Crippen molar-refractivity contribution in [2.75, 3.05) is 13.2 Å². The number of rotatable bonds is 6. The molecule has 16 heavy (non-hydrogen) atoms. The smallest absolute Gasteiger partial charge is 0.224 e. The molecule has 0 aromatic carbocycles. The standard InChI is InChI=1S/C11H17N3O2/c1-8(2)15-6-7-16-11-9(10(12)13)4-3-5-14-11/h3-5,8H,6-7H2,1-2H3,(H3,12,13). The van der Waals surface area contributed by atoms with E-state index in [0.717, 1.165) is 0 Å². The summed E-state index contributed by atoms with van der Waals surface area (Å²) >= 11 is 0. The van der Waals surface area contributed by atoms with Crippen LogP contribution in [0.3, 0.4) is 0 Å². The summed E-state index contributed by atoms with van der Waals surface area (Å²) in [6.07, 6.45) is 1.78. The van der Waals surface area contributed by atoms with E-state index in [2.05, 4.69) is 4.98 Å². The van der Waals surface area contributed by atoms with E-state index in [4.69, 9.17) is 20.6 Å². The largest absolute Gasteiger partial charge is 0.475 e. The lowest BCUT2D eigenvalue weighted by Crippen LogP contribution is -2.16. The molecular formula is C11H17N3O2. The Kier molecular flexibility index (Phi) is 4.72. The molecule has 0 aliphatic rings. The second kappa shape index (κ2) is 6.07. The molecule has 0 radical (unpaired) electrons. The average Bonchev–Trinajstić information content (AvgIpc) is 2.24. The third-order valence-corrected chi connectivity index (χ3v) is 1.83. The first kappa shape index (κ1) is 12.4. The van der Waals surface area contributed by atoms with Crippen LogP contribution in [0.2, 0.25) is 0 Å². The maximum atomic E-state index is 7.35. The Morgan fingerprint density at radius 3 is 2.88 bits per heavy atom. The van der Waals surface area contributed by atoms with Crippen LogP contribution in [0.4, 0.5) is 0 Å². The second-order valence-corrected chi connectivity index (χ2v) is 3.54. The first-order chi connectivity index (χ1) is 7.61. The van der Waals surface area contributed by atoms with Crippen LogP contribution in [0.1, 0.15) is 19.4 Å². The van der Waals surface area contributed by atoms with Gasteiger partial charge in [0, 0.05) is 6.20 Å². The Balaban J connectivity index is 2.50. The molecule has 0 fully saturated rings. The summed E-state index contributed by atoms with van der Waals surface area (Å²) in [6.45, 7) is 4.81. The summed E-state index contributed by atoms with van der Waals surface area (Å²) in [7, 11) is 0. The van der Waals surface area contributed by atoms with Gasteiger partial charge >= 0.3 is 0 Å². The molecule has 0 saturated carbocycles. The Bertz CT molecular complexity index is 353. The third kappa shape index (κ3) is 3.86. The average molecular weight is 223 g/mol. The highest BCUT2D eigenvalue weighted by molar-refractivity contribution is 5.96. The number of amidine groups is 1. The summed E-state index contributed by atoms with van der Waals surface area (Å²) in [5.41, 5.74) is 5.91. The Morgan fingerprint density at radius 1 is 1.50 bits per heavy atom. The first-order valence-electron chi connectivity index (χ1n) is 5.15. The SMILES string of the molecule is CC(C)OCCOc1ncccc1C(=N)N. The Hall–Kier alpha value is -1.62. The van der Waals surface area contributed by atoms with E-state index < -0.39 is 0 Å². The number of pyridine rings is 1. The molecule has 0 amide bonds. The van der Waals surface area contributed by atoms with Crippen LogP contribution >= 0.6 is 0 Å². The zero-order valence-electron chi connectivity index (χ0n) is 9.56. The number of nitrogens with one attached hydrogen (secondary N) is 1. The van der Waals surface area contributed by atoms with Crippen LogP contribution in [0, 0.1) is 5.41 Å². The van der Waals surface area contributed by atoms with Crippen LogP contribution < -0.4 is 10.5 Å². The molecule has 5 nitrogen and oxygen atoms in total. The highest BCUT2D eigenvalue weighted by Gasteiger charge is 2.06. The zero-order chi connectivity index (χ0) is 12.0. The number of nitrogens with zero attached hydrogens (tertiary/aromatic N) is 1. The summed E-state index contributed by atoms with van der Waals surface area (Å²) < 4.78 is 10.7. The fraction of sp³-hybridized carbons (Fsp3) is 0.455. The van der Waals surface area contributed by atoms with Gasteiger partial charge in [-0.25, -0.2) is 4.98 Å². The van der Waals surface area contributed by atoms with Crippen molar-refractivity contribution in [1.29, 1.82) is 5.41 Å². The van der Waals surface area contributed by atoms with Gasteiger partial charge in [-0.15, -0.1) is 0 Å². The van der Waals surface area contributed by atoms with Gasteiger partial charge in [0.2, 0.25) is 5.88 Å². The molecule has 0 spiro atoms. The molecule has 1 rings (SSSR count). The quantitative estimate of drug-likeness (QED) is 0.431. The third-order valence-electron chi connectivity index (χ3n) is 1.83. The van der Waals surface area contributed by atoms with Crippen molar-refractivity contribution in [3.63, 3.8) is 0 Å². The van der Waals surface area contributed by atoms with Crippen molar-refractivity contribution < 1.29 is 9.47 Å². The molecule has 5 heteroatoms. The minimum Gasteiger partial charge on any atom is -0.475 e. The van der Waals surface area contributed by atoms with Gasteiger partial charge in [-0.05, 0) is 26.0 Å². The highest BCUT2D eigenvalue weighted by atomic mass is 16.5. The van der Waals surface area contributed by atoms with Crippen molar-refractivity contribution in [2.24, 2.45) is 5.73 Å². The number of nitrogens with two attached hydrogens (primary N) is 1. The predicted octanol–water partition coefficient (Wildman–Crippen LogP) is 1.17. The molecule has 0 saturated heterocycles. The zero-order valence-corrected chi connectivity index (χ0v) is 9.56. The minimum absolute atomic E-state index is 0.0483. The van der Waals surface area contributed by atoms with Crippen molar-refractivity contribution in [2.45, 2.75) is 20.0 Å². The van der Waals surface area contributed by atoms with E-state index in [1.165, 1.54) is 0 Å². The molecule has 1 aromatic rings. The van der Waals surface area contributed by atoms with Crippen LogP contribution in [0.5, 0.6) is 5.88 Å². The van der Waals surface area contributed by atoms with Gasteiger partial charge in [0.25, 0.3) is 0 Å². The van der Waals surface area contributed by atoms with Gasteiger partial charge in [-0.2, -0.15) is 0 Å². The van der Waals surface area contributed by atoms with E-state index in [1.54, 1.807) is 18.3 Å².